The van der Waals surface area contributed by atoms with Crippen LogP contribution in [0.2, 0.25) is 5.02 Å². The van der Waals surface area contributed by atoms with Gasteiger partial charge in [0.2, 0.25) is 0 Å². The smallest absolute Gasteiger partial charge is 0.354 e. The first kappa shape index (κ1) is 14.9. The summed E-state index contributed by atoms with van der Waals surface area (Å²) < 4.78 is 7.04. The van der Waals surface area contributed by atoms with Crippen molar-refractivity contribution in [3.8, 4) is 11.1 Å². The van der Waals surface area contributed by atoms with Gasteiger partial charge in [0.25, 0.3) is 0 Å². The molecule has 0 radical (unpaired) electrons. The predicted molar refractivity (Wildman–Crippen MR) is 85.9 cm³/mol. The minimum Gasteiger partial charge on any atom is -0.477 e. The van der Waals surface area contributed by atoms with E-state index in [0.717, 1.165) is 16.8 Å². The highest BCUT2D eigenvalue weighted by atomic mass is 35.5. The number of morpholine rings is 1. The van der Waals surface area contributed by atoms with Crippen LogP contribution in [0.4, 0.5) is 5.69 Å². The fourth-order valence-corrected chi connectivity index (χ4v) is 2.94. The van der Waals surface area contributed by atoms with Crippen molar-refractivity contribution in [2.45, 2.75) is 0 Å². The summed E-state index contributed by atoms with van der Waals surface area (Å²) in [5.41, 5.74) is 2.90. The van der Waals surface area contributed by atoms with Gasteiger partial charge in [-0.15, -0.1) is 0 Å². The van der Waals surface area contributed by atoms with E-state index >= 15 is 0 Å². The fourth-order valence-electron chi connectivity index (χ4n) is 2.81. The average Bonchev–Trinajstić information content (AvgIpc) is 2.86. The second kappa shape index (κ2) is 6.02. The highest BCUT2D eigenvalue weighted by molar-refractivity contribution is 6.30. The number of carbonyl (C=O) groups is 1. The first-order valence-electron chi connectivity index (χ1n) is 7.09. The Bertz CT molecular complexity index is 688. The van der Waals surface area contributed by atoms with Gasteiger partial charge in [-0.3, -0.25) is 0 Å². The molecule has 0 saturated carbocycles. The topological polar surface area (TPSA) is 54.7 Å². The number of rotatable bonds is 3. The molecule has 0 aliphatic carbocycles. The van der Waals surface area contributed by atoms with Crippen molar-refractivity contribution in [1.29, 1.82) is 0 Å². The Morgan fingerprint density at radius 3 is 2.45 bits per heavy atom. The molecule has 0 unspecified atom stereocenters. The Balaban J connectivity index is 2.14. The van der Waals surface area contributed by atoms with E-state index in [9.17, 15) is 9.90 Å². The normalized spacial score (nSPS) is 15.1. The summed E-state index contributed by atoms with van der Waals surface area (Å²) in [5.74, 6) is -0.927. The van der Waals surface area contributed by atoms with Gasteiger partial charge in [0, 0.05) is 36.9 Å². The first-order valence-corrected chi connectivity index (χ1v) is 7.47. The van der Waals surface area contributed by atoms with E-state index in [1.54, 1.807) is 11.6 Å². The number of aryl methyl sites for hydroxylation is 1. The maximum atomic E-state index is 11.7. The third-order valence-corrected chi connectivity index (χ3v) is 4.09. The zero-order valence-electron chi connectivity index (χ0n) is 12.3. The largest absolute Gasteiger partial charge is 0.477 e. The molecule has 1 N–H and O–H groups in total. The fraction of sp³-hybridized carbons (Fsp3) is 0.312. The van der Waals surface area contributed by atoms with Gasteiger partial charge in [0.1, 0.15) is 0 Å². The van der Waals surface area contributed by atoms with Crippen molar-refractivity contribution in [2.24, 2.45) is 7.05 Å². The Morgan fingerprint density at radius 1 is 1.23 bits per heavy atom. The Hall–Kier alpha value is -1.98. The Labute approximate surface area is 133 Å². The van der Waals surface area contributed by atoms with Gasteiger partial charge in [-0.2, -0.15) is 0 Å². The van der Waals surface area contributed by atoms with Crippen LogP contribution in [0.15, 0.2) is 30.5 Å². The van der Waals surface area contributed by atoms with E-state index in [1.807, 2.05) is 30.5 Å². The summed E-state index contributed by atoms with van der Waals surface area (Å²) in [5, 5.41) is 10.2. The minimum absolute atomic E-state index is 0.298. The molecule has 1 aliphatic rings. The van der Waals surface area contributed by atoms with Crippen LogP contribution in [0.5, 0.6) is 0 Å². The number of aromatic carboxylic acids is 1. The summed E-state index contributed by atoms with van der Waals surface area (Å²) >= 11 is 5.95. The van der Waals surface area contributed by atoms with Crippen molar-refractivity contribution in [3.63, 3.8) is 0 Å². The van der Waals surface area contributed by atoms with Crippen LogP contribution in [0.3, 0.4) is 0 Å². The second-order valence-electron chi connectivity index (χ2n) is 5.26. The summed E-state index contributed by atoms with van der Waals surface area (Å²) in [7, 11) is 1.76. The van der Waals surface area contributed by atoms with Crippen LogP contribution >= 0.6 is 11.6 Å². The molecule has 116 valence electrons. The monoisotopic (exact) mass is 320 g/mol. The number of hydrogen-bond acceptors (Lipinski definition) is 3. The van der Waals surface area contributed by atoms with Gasteiger partial charge in [0.15, 0.2) is 5.69 Å². The van der Waals surface area contributed by atoms with E-state index < -0.39 is 5.97 Å². The SMILES string of the molecule is Cn1cc(-c2ccc(Cl)cc2)c(N2CCOCC2)c1C(=O)O. The molecule has 1 aliphatic heterocycles. The second-order valence-corrected chi connectivity index (χ2v) is 5.70. The molecule has 5 nitrogen and oxygen atoms in total. The molecular weight excluding hydrogens is 304 g/mol. The van der Waals surface area contributed by atoms with Gasteiger partial charge in [-0.05, 0) is 17.7 Å². The zero-order chi connectivity index (χ0) is 15.7. The molecule has 0 spiro atoms. The van der Waals surface area contributed by atoms with Crippen molar-refractivity contribution in [2.75, 3.05) is 31.2 Å². The van der Waals surface area contributed by atoms with Crippen LogP contribution in [0.25, 0.3) is 11.1 Å². The first-order chi connectivity index (χ1) is 10.6. The molecule has 1 aromatic heterocycles. The Morgan fingerprint density at radius 2 is 1.86 bits per heavy atom. The number of halogens is 1. The van der Waals surface area contributed by atoms with E-state index in [1.165, 1.54) is 0 Å². The molecule has 2 heterocycles. The van der Waals surface area contributed by atoms with Crippen LogP contribution in [-0.2, 0) is 11.8 Å². The number of hydrogen-bond donors (Lipinski definition) is 1. The highest BCUT2D eigenvalue weighted by Crippen LogP contribution is 2.36. The van der Waals surface area contributed by atoms with Crippen molar-refractivity contribution in [1.82, 2.24) is 4.57 Å². The lowest BCUT2D eigenvalue weighted by Gasteiger charge is -2.29. The molecule has 22 heavy (non-hydrogen) atoms. The lowest BCUT2D eigenvalue weighted by atomic mass is 10.1. The molecule has 0 bridgehead atoms. The quantitative estimate of drug-likeness (QED) is 0.945. The average molecular weight is 321 g/mol. The van der Waals surface area contributed by atoms with Crippen LogP contribution < -0.4 is 4.90 Å². The number of benzene rings is 1. The molecule has 1 aromatic carbocycles. The third kappa shape index (κ3) is 2.69. The number of nitrogens with zero attached hydrogens (tertiary/aromatic N) is 2. The number of ether oxygens (including phenoxy) is 1. The van der Waals surface area contributed by atoms with Gasteiger partial charge < -0.3 is 19.3 Å². The predicted octanol–water partition coefficient (Wildman–Crippen LogP) is 2.88. The minimum atomic E-state index is -0.927. The van der Waals surface area contributed by atoms with Crippen molar-refractivity contribution in [3.05, 3.63) is 41.2 Å². The molecule has 1 fully saturated rings. The maximum absolute atomic E-state index is 11.7. The Kier molecular flexibility index (Phi) is 4.09. The lowest BCUT2D eigenvalue weighted by Crippen LogP contribution is -2.37. The highest BCUT2D eigenvalue weighted by Gasteiger charge is 2.26. The van der Waals surface area contributed by atoms with E-state index in [-0.39, 0.29) is 0 Å². The van der Waals surface area contributed by atoms with Gasteiger partial charge >= 0.3 is 5.97 Å². The standard InChI is InChI=1S/C16H17ClN2O3/c1-18-10-13(11-2-4-12(17)5-3-11)14(15(18)16(20)21)19-6-8-22-9-7-19/h2-5,10H,6-9H2,1H3,(H,20,21). The number of carboxylic acid groups (broad SMARTS) is 1. The molecule has 1 saturated heterocycles. The summed E-state index contributed by atoms with van der Waals surface area (Å²) in [4.78, 5) is 13.8. The van der Waals surface area contributed by atoms with Crippen LogP contribution in [0, 0.1) is 0 Å². The maximum Gasteiger partial charge on any atom is 0.354 e. The molecule has 2 aromatic rings. The number of aromatic nitrogens is 1. The molecule has 3 rings (SSSR count). The molecule has 6 heteroatoms. The van der Waals surface area contributed by atoms with Gasteiger partial charge in [0.05, 0.1) is 18.9 Å². The summed E-state index contributed by atoms with van der Waals surface area (Å²) in [6.45, 7) is 2.58. The molecule has 0 amide bonds. The van der Waals surface area contributed by atoms with E-state index in [2.05, 4.69) is 4.90 Å². The van der Waals surface area contributed by atoms with Crippen LogP contribution in [0.1, 0.15) is 10.5 Å². The zero-order valence-corrected chi connectivity index (χ0v) is 13.0. The van der Waals surface area contributed by atoms with Gasteiger partial charge in [-0.25, -0.2) is 4.79 Å². The molecular formula is C16H17ClN2O3. The van der Waals surface area contributed by atoms with Crippen molar-refractivity contribution >= 4 is 23.3 Å². The van der Waals surface area contributed by atoms with Crippen molar-refractivity contribution < 1.29 is 14.6 Å². The van der Waals surface area contributed by atoms with Gasteiger partial charge in [-0.1, -0.05) is 23.7 Å². The lowest BCUT2D eigenvalue weighted by molar-refractivity contribution is 0.0686. The summed E-state index contributed by atoms with van der Waals surface area (Å²) in [6.07, 6.45) is 1.86. The number of anilines is 1. The summed E-state index contributed by atoms with van der Waals surface area (Å²) in [6, 6.07) is 7.45. The van der Waals surface area contributed by atoms with Crippen LogP contribution in [-0.4, -0.2) is 41.9 Å². The molecule has 0 atom stereocenters. The number of carboxylic acids is 1. The third-order valence-electron chi connectivity index (χ3n) is 3.84. The van der Waals surface area contributed by atoms with E-state index in [4.69, 9.17) is 16.3 Å². The van der Waals surface area contributed by atoms with E-state index in [0.29, 0.717) is 37.0 Å².